The lowest BCUT2D eigenvalue weighted by molar-refractivity contribution is 0.102. The molecule has 6 heteroatoms. The number of rotatable bonds is 4. The topological polar surface area (TPSA) is 77.8 Å². The highest BCUT2D eigenvalue weighted by atomic mass is 19.1. The average Bonchev–Trinajstić information content (AvgIpc) is 2.64. The molecule has 0 atom stereocenters. The molecule has 1 aromatic heterocycles. The molecule has 2 N–H and O–H groups in total. The van der Waals surface area contributed by atoms with Gasteiger partial charge in [0.2, 0.25) is 0 Å². The van der Waals surface area contributed by atoms with Gasteiger partial charge in [0.15, 0.2) is 0 Å². The molecule has 122 valence electrons. The molecule has 3 rings (SSSR count). The van der Waals surface area contributed by atoms with Crippen molar-refractivity contribution in [2.75, 3.05) is 10.6 Å². The number of nitrogens with one attached hydrogen (secondary N) is 2. The van der Waals surface area contributed by atoms with Crippen LogP contribution in [0.2, 0.25) is 0 Å². The van der Waals surface area contributed by atoms with Crippen LogP contribution < -0.4 is 10.6 Å². The summed E-state index contributed by atoms with van der Waals surface area (Å²) in [6.07, 6.45) is 1.50. The maximum Gasteiger partial charge on any atom is 0.274 e. The Morgan fingerprint density at radius 2 is 1.88 bits per heavy atom. The van der Waals surface area contributed by atoms with Gasteiger partial charge in [-0.05, 0) is 42.5 Å². The van der Waals surface area contributed by atoms with Gasteiger partial charge in [0.05, 0.1) is 29.2 Å². The SMILES string of the molecule is N#Cc1cccc(Nc2ccc(C(=O)Nc3ccccc3F)nc2)c1. The third-order valence-corrected chi connectivity index (χ3v) is 3.40. The molecule has 0 spiro atoms. The molecule has 2 aromatic carbocycles. The van der Waals surface area contributed by atoms with Gasteiger partial charge in [-0.15, -0.1) is 0 Å². The van der Waals surface area contributed by atoms with Crippen LogP contribution in [0.1, 0.15) is 16.1 Å². The summed E-state index contributed by atoms with van der Waals surface area (Å²) in [5.74, 6) is -1.00. The van der Waals surface area contributed by atoms with Crippen molar-refractivity contribution in [3.8, 4) is 6.07 Å². The normalized spacial score (nSPS) is 9.92. The Morgan fingerprint density at radius 3 is 2.60 bits per heavy atom. The minimum Gasteiger partial charge on any atom is -0.354 e. The van der Waals surface area contributed by atoms with E-state index in [1.165, 1.54) is 24.4 Å². The zero-order chi connectivity index (χ0) is 17.6. The van der Waals surface area contributed by atoms with Crippen molar-refractivity contribution in [1.82, 2.24) is 4.98 Å². The Kier molecular flexibility index (Phi) is 4.67. The number of hydrogen-bond acceptors (Lipinski definition) is 4. The molecule has 0 saturated heterocycles. The van der Waals surface area contributed by atoms with Crippen molar-refractivity contribution in [1.29, 1.82) is 5.26 Å². The predicted octanol–water partition coefficient (Wildman–Crippen LogP) is 4.09. The van der Waals surface area contributed by atoms with Gasteiger partial charge in [-0.3, -0.25) is 4.79 Å². The quantitative estimate of drug-likeness (QED) is 0.754. The first-order valence-corrected chi connectivity index (χ1v) is 7.45. The number of carbonyl (C=O) groups excluding carboxylic acids is 1. The van der Waals surface area contributed by atoms with Crippen LogP contribution >= 0.6 is 0 Å². The summed E-state index contributed by atoms with van der Waals surface area (Å²) in [7, 11) is 0. The molecule has 1 amide bonds. The van der Waals surface area contributed by atoms with E-state index in [2.05, 4.69) is 21.7 Å². The third kappa shape index (κ3) is 3.98. The Hall–Kier alpha value is -3.72. The van der Waals surface area contributed by atoms with E-state index >= 15 is 0 Å². The molecule has 3 aromatic rings. The summed E-state index contributed by atoms with van der Waals surface area (Å²) in [4.78, 5) is 16.2. The van der Waals surface area contributed by atoms with Crippen molar-refractivity contribution < 1.29 is 9.18 Å². The van der Waals surface area contributed by atoms with Gasteiger partial charge in [-0.25, -0.2) is 9.37 Å². The largest absolute Gasteiger partial charge is 0.354 e. The molecule has 1 heterocycles. The number of hydrogen-bond donors (Lipinski definition) is 2. The van der Waals surface area contributed by atoms with Crippen LogP contribution in [0, 0.1) is 17.1 Å². The monoisotopic (exact) mass is 332 g/mol. The molecule has 0 bridgehead atoms. The smallest absolute Gasteiger partial charge is 0.274 e. The molecular formula is C19H13FN4O. The molecule has 0 aliphatic rings. The van der Waals surface area contributed by atoms with Gasteiger partial charge in [0.1, 0.15) is 11.5 Å². The van der Waals surface area contributed by atoms with Crippen LogP contribution in [0.5, 0.6) is 0 Å². The van der Waals surface area contributed by atoms with E-state index < -0.39 is 11.7 Å². The Balaban J connectivity index is 1.70. The zero-order valence-electron chi connectivity index (χ0n) is 13.0. The summed E-state index contributed by atoms with van der Waals surface area (Å²) in [6, 6.07) is 18.2. The van der Waals surface area contributed by atoms with Gasteiger partial charge >= 0.3 is 0 Å². The summed E-state index contributed by atoms with van der Waals surface area (Å²) in [5.41, 5.74) is 2.21. The van der Waals surface area contributed by atoms with Crippen LogP contribution in [0.4, 0.5) is 21.5 Å². The van der Waals surface area contributed by atoms with Crippen LogP contribution in [-0.2, 0) is 0 Å². The molecule has 0 unspecified atom stereocenters. The lowest BCUT2D eigenvalue weighted by Gasteiger charge is -2.08. The van der Waals surface area contributed by atoms with Crippen molar-refractivity contribution in [3.63, 3.8) is 0 Å². The number of para-hydroxylation sites is 1. The molecule has 0 radical (unpaired) electrons. The molecule has 0 aliphatic carbocycles. The first-order valence-electron chi connectivity index (χ1n) is 7.45. The number of halogens is 1. The summed E-state index contributed by atoms with van der Waals surface area (Å²) in [6.45, 7) is 0. The fraction of sp³-hybridized carbons (Fsp3) is 0. The van der Waals surface area contributed by atoms with Gasteiger partial charge in [-0.2, -0.15) is 5.26 Å². The number of amides is 1. The van der Waals surface area contributed by atoms with E-state index in [9.17, 15) is 9.18 Å². The maximum absolute atomic E-state index is 13.6. The lowest BCUT2D eigenvalue weighted by atomic mass is 10.2. The van der Waals surface area contributed by atoms with E-state index in [1.54, 1.807) is 36.4 Å². The summed E-state index contributed by atoms with van der Waals surface area (Å²) < 4.78 is 13.6. The lowest BCUT2D eigenvalue weighted by Crippen LogP contribution is -2.14. The van der Waals surface area contributed by atoms with Crippen molar-refractivity contribution >= 4 is 23.0 Å². The molecule has 0 saturated carbocycles. The van der Waals surface area contributed by atoms with E-state index in [0.717, 1.165) is 5.69 Å². The second-order valence-corrected chi connectivity index (χ2v) is 5.18. The second-order valence-electron chi connectivity index (χ2n) is 5.18. The van der Waals surface area contributed by atoms with E-state index in [-0.39, 0.29) is 11.4 Å². The highest BCUT2D eigenvalue weighted by Crippen LogP contribution is 2.18. The van der Waals surface area contributed by atoms with Gasteiger partial charge in [0, 0.05) is 5.69 Å². The first-order chi connectivity index (χ1) is 12.2. The predicted molar refractivity (Wildman–Crippen MR) is 93.0 cm³/mol. The summed E-state index contributed by atoms with van der Waals surface area (Å²) in [5, 5.41) is 14.5. The maximum atomic E-state index is 13.6. The Morgan fingerprint density at radius 1 is 1.04 bits per heavy atom. The molecule has 0 aliphatic heterocycles. The highest BCUT2D eigenvalue weighted by molar-refractivity contribution is 6.03. The summed E-state index contributed by atoms with van der Waals surface area (Å²) >= 11 is 0. The minimum atomic E-state index is -0.508. The molecule has 25 heavy (non-hydrogen) atoms. The number of pyridine rings is 1. The third-order valence-electron chi connectivity index (χ3n) is 3.40. The van der Waals surface area contributed by atoms with Crippen LogP contribution in [0.25, 0.3) is 0 Å². The minimum absolute atomic E-state index is 0.102. The Bertz CT molecular complexity index is 948. The fourth-order valence-corrected chi connectivity index (χ4v) is 2.18. The number of carbonyl (C=O) groups is 1. The van der Waals surface area contributed by atoms with E-state index in [4.69, 9.17) is 5.26 Å². The molecule has 0 fully saturated rings. The fourth-order valence-electron chi connectivity index (χ4n) is 2.18. The number of anilines is 3. The number of aromatic nitrogens is 1. The van der Waals surface area contributed by atoms with Crippen LogP contribution in [0.15, 0.2) is 66.9 Å². The highest BCUT2D eigenvalue weighted by Gasteiger charge is 2.10. The molecule has 5 nitrogen and oxygen atoms in total. The second kappa shape index (κ2) is 7.23. The Labute approximate surface area is 143 Å². The van der Waals surface area contributed by atoms with E-state index in [1.807, 2.05) is 6.07 Å². The van der Waals surface area contributed by atoms with Gasteiger partial charge in [0.25, 0.3) is 5.91 Å². The van der Waals surface area contributed by atoms with Crippen molar-refractivity contribution in [3.05, 3.63) is 83.9 Å². The van der Waals surface area contributed by atoms with E-state index in [0.29, 0.717) is 11.3 Å². The number of nitriles is 1. The average molecular weight is 332 g/mol. The van der Waals surface area contributed by atoms with Crippen LogP contribution in [0.3, 0.4) is 0 Å². The molecular weight excluding hydrogens is 319 g/mol. The first kappa shape index (κ1) is 16.1. The van der Waals surface area contributed by atoms with Crippen LogP contribution in [-0.4, -0.2) is 10.9 Å². The van der Waals surface area contributed by atoms with Crippen molar-refractivity contribution in [2.24, 2.45) is 0 Å². The standard InChI is InChI=1S/C19H13FN4O/c20-16-6-1-2-7-17(16)24-19(25)18-9-8-15(12-22-18)23-14-5-3-4-13(10-14)11-21/h1-10,12,23H,(H,24,25). The number of nitrogens with zero attached hydrogens (tertiary/aromatic N) is 2. The van der Waals surface area contributed by atoms with Gasteiger partial charge in [-0.1, -0.05) is 18.2 Å². The van der Waals surface area contributed by atoms with Gasteiger partial charge < -0.3 is 10.6 Å². The zero-order valence-corrected chi connectivity index (χ0v) is 13.0. The van der Waals surface area contributed by atoms with Crippen molar-refractivity contribution in [2.45, 2.75) is 0 Å². The number of benzene rings is 2.